The van der Waals surface area contributed by atoms with Gasteiger partial charge in [0.1, 0.15) is 0 Å². The highest BCUT2D eigenvalue weighted by atomic mass is 35.5. The topological polar surface area (TPSA) is 76.1 Å². The number of anilines is 3. The van der Waals surface area contributed by atoms with E-state index in [4.69, 9.17) is 11.6 Å². The number of hydrogen-bond donors (Lipinski definition) is 0. The molecule has 1 aromatic heterocycles. The highest BCUT2D eigenvalue weighted by molar-refractivity contribution is 6.30. The molecule has 10 heteroatoms. The monoisotopic (exact) mass is 483 g/mol. The van der Waals surface area contributed by atoms with Crippen molar-refractivity contribution in [2.75, 3.05) is 80.7 Å². The summed E-state index contributed by atoms with van der Waals surface area (Å²) in [7, 11) is 2.14. The predicted octanol–water partition coefficient (Wildman–Crippen LogP) is 1.58. The lowest BCUT2D eigenvalue weighted by Gasteiger charge is -2.36. The summed E-state index contributed by atoms with van der Waals surface area (Å²) in [5.74, 6) is 1.49. The van der Waals surface area contributed by atoms with Crippen molar-refractivity contribution in [2.45, 2.75) is 6.42 Å². The third kappa shape index (κ3) is 4.81. The quantitative estimate of drug-likeness (QED) is 0.653. The van der Waals surface area contributed by atoms with Gasteiger partial charge < -0.3 is 24.5 Å². The van der Waals surface area contributed by atoms with Crippen molar-refractivity contribution >= 4 is 40.7 Å². The van der Waals surface area contributed by atoms with Crippen molar-refractivity contribution in [1.29, 1.82) is 0 Å². The molecule has 0 N–H and O–H groups in total. The first-order valence-corrected chi connectivity index (χ1v) is 12.2. The highest BCUT2D eigenvalue weighted by Crippen LogP contribution is 2.28. The van der Waals surface area contributed by atoms with Crippen LogP contribution in [0.3, 0.4) is 0 Å². The highest BCUT2D eigenvalue weighted by Gasteiger charge is 2.38. The summed E-state index contributed by atoms with van der Waals surface area (Å²) in [5, 5.41) is 9.54. The molecule has 180 valence electrons. The van der Waals surface area contributed by atoms with Gasteiger partial charge >= 0.3 is 0 Å². The summed E-state index contributed by atoms with van der Waals surface area (Å²) in [6.45, 7) is 7.05. The average Bonchev–Trinajstić information content (AvgIpc) is 3.26. The van der Waals surface area contributed by atoms with E-state index >= 15 is 0 Å². The molecular weight excluding hydrogens is 454 g/mol. The van der Waals surface area contributed by atoms with E-state index < -0.39 is 0 Å². The number of aromatic nitrogens is 2. The minimum absolute atomic E-state index is 0.0185. The molecular formula is C24H30ClN7O2. The summed E-state index contributed by atoms with van der Waals surface area (Å²) in [6, 6.07) is 11.2. The fourth-order valence-electron chi connectivity index (χ4n) is 4.85. The maximum atomic E-state index is 13.1. The van der Waals surface area contributed by atoms with E-state index in [2.05, 4.69) is 31.9 Å². The Hall–Kier alpha value is -2.91. The van der Waals surface area contributed by atoms with Gasteiger partial charge in [0.15, 0.2) is 11.6 Å². The Morgan fingerprint density at radius 2 is 1.41 bits per heavy atom. The number of hydrogen-bond acceptors (Lipinski definition) is 7. The van der Waals surface area contributed by atoms with E-state index in [9.17, 15) is 9.59 Å². The fourth-order valence-corrected chi connectivity index (χ4v) is 4.97. The third-order valence-electron chi connectivity index (χ3n) is 6.99. The van der Waals surface area contributed by atoms with Gasteiger partial charge in [0.2, 0.25) is 11.8 Å². The SMILES string of the molecule is CN1CCN(c2ccc(N3CCN(C(=O)C4CC(=O)N(c5ccc(Cl)cc5)C4)CC3)nn2)CC1. The molecule has 0 saturated carbocycles. The van der Waals surface area contributed by atoms with E-state index in [1.807, 2.05) is 29.2 Å². The summed E-state index contributed by atoms with van der Waals surface area (Å²) in [6.07, 6.45) is 0.251. The van der Waals surface area contributed by atoms with E-state index in [0.717, 1.165) is 43.5 Å². The molecule has 1 unspecified atom stereocenters. The molecule has 3 aliphatic heterocycles. The molecule has 2 amide bonds. The molecule has 34 heavy (non-hydrogen) atoms. The van der Waals surface area contributed by atoms with Gasteiger partial charge in [-0.3, -0.25) is 9.59 Å². The van der Waals surface area contributed by atoms with Crippen molar-refractivity contribution < 1.29 is 9.59 Å². The number of benzene rings is 1. The lowest BCUT2D eigenvalue weighted by atomic mass is 10.1. The van der Waals surface area contributed by atoms with Crippen LogP contribution in [0.5, 0.6) is 0 Å². The molecule has 5 rings (SSSR count). The lowest BCUT2D eigenvalue weighted by molar-refractivity contribution is -0.136. The van der Waals surface area contributed by atoms with E-state index in [1.165, 1.54) is 0 Å². The Morgan fingerprint density at radius 1 is 0.853 bits per heavy atom. The second kappa shape index (κ2) is 9.76. The van der Waals surface area contributed by atoms with Gasteiger partial charge in [0.05, 0.1) is 5.92 Å². The Labute approximate surface area is 204 Å². The molecule has 0 spiro atoms. The van der Waals surface area contributed by atoms with Crippen LogP contribution in [0.15, 0.2) is 36.4 Å². The normalized spacial score (nSPS) is 21.9. The fraction of sp³-hybridized carbons (Fsp3) is 0.500. The second-order valence-electron chi connectivity index (χ2n) is 9.23. The van der Waals surface area contributed by atoms with E-state index in [0.29, 0.717) is 37.7 Å². The Balaban J connectivity index is 1.14. The Kier molecular flexibility index (Phi) is 6.56. The Morgan fingerprint density at radius 3 is 1.97 bits per heavy atom. The van der Waals surface area contributed by atoms with Crippen LogP contribution in [0.4, 0.5) is 17.3 Å². The number of carbonyl (C=O) groups excluding carboxylic acids is 2. The van der Waals surface area contributed by atoms with Crippen LogP contribution in [-0.4, -0.2) is 97.8 Å². The van der Waals surface area contributed by atoms with Gasteiger partial charge in [0, 0.05) is 76.0 Å². The maximum Gasteiger partial charge on any atom is 0.228 e. The number of amides is 2. The van der Waals surface area contributed by atoms with E-state index in [1.54, 1.807) is 17.0 Å². The van der Waals surface area contributed by atoms with Crippen molar-refractivity contribution in [2.24, 2.45) is 5.92 Å². The summed E-state index contributed by atoms with van der Waals surface area (Å²) in [4.78, 5) is 36.0. The summed E-state index contributed by atoms with van der Waals surface area (Å²) < 4.78 is 0. The molecule has 1 aromatic carbocycles. The van der Waals surface area contributed by atoms with Crippen molar-refractivity contribution in [3.8, 4) is 0 Å². The van der Waals surface area contributed by atoms with Crippen molar-refractivity contribution in [1.82, 2.24) is 20.0 Å². The van der Waals surface area contributed by atoms with Crippen LogP contribution >= 0.6 is 11.6 Å². The second-order valence-corrected chi connectivity index (χ2v) is 9.67. The molecule has 1 atom stereocenters. The number of halogens is 1. The van der Waals surface area contributed by atoms with Gasteiger partial charge in [0.25, 0.3) is 0 Å². The standard InChI is InChI=1S/C24H30ClN7O2/c1-28-8-10-29(11-9-28)21-6-7-22(27-26-21)30-12-14-31(15-13-30)24(34)18-16-23(33)32(17-18)20-4-2-19(25)3-5-20/h2-7,18H,8-17H2,1H3. The molecule has 3 fully saturated rings. The first kappa shape index (κ1) is 22.9. The van der Waals surface area contributed by atoms with Gasteiger partial charge in [-0.1, -0.05) is 11.6 Å². The molecule has 0 bridgehead atoms. The molecule has 0 aliphatic carbocycles. The molecule has 0 radical (unpaired) electrons. The van der Waals surface area contributed by atoms with Gasteiger partial charge in [-0.2, -0.15) is 0 Å². The van der Waals surface area contributed by atoms with Crippen LogP contribution in [0.1, 0.15) is 6.42 Å². The van der Waals surface area contributed by atoms with Crippen LogP contribution in [-0.2, 0) is 9.59 Å². The average molecular weight is 484 g/mol. The van der Waals surface area contributed by atoms with Crippen LogP contribution in [0.25, 0.3) is 0 Å². The van der Waals surface area contributed by atoms with Gasteiger partial charge in [-0.05, 0) is 43.4 Å². The first-order valence-electron chi connectivity index (χ1n) is 11.8. The largest absolute Gasteiger partial charge is 0.353 e. The minimum atomic E-state index is -0.308. The molecule has 3 aliphatic rings. The number of nitrogens with zero attached hydrogens (tertiary/aromatic N) is 7. The maximum absolute atomic E-state index is 13.1. The predicted molar refractivity (Wildman–Crippen MR) is 132 cm³/mol. The number of likely N-dealkylation sites (N-methyl/N-ethyl adjacent to an activating group) is 1. The minimum Gasteiger partial charge on any atom is -0.353 e. The van der Waals surface area contributed by atoms with Gasteiger partial charge in [-0.25, -0.2) is 0 Å². The molecule has 4 heterocycles. The number of carbonyl (C=O) groups is 2. The van der Waals surface area contributed by atoms with E-state index in [-0.39, 0.29) is 24.2 Å². The van der Waals surface area contributed by atoms with Gasteiger partial charge in [-0.15, -0.1) is 10.2 Å². The number of rotatable bonds is 4. The summed E-state index contributed by atoms with van der Waals surface area (Å²) >= 11 is 5.96. The summed E-state index contributed by atoms with van der Waals surface area (Å²) in [5.41, 5.74) is 0.785. The number of piperazine rings is 2. The van der Waals surface area contributed by atoms with Crippen molar-refractivity contribution in [3.05, 3.63) is 41.4 Å². The van der Waals surface area contributed by atoms with Crippen molar-refractivity contribution in [3.63, 3.8) is 0 Å². The van der Waals surface area contributed by atoms with Crippen LogP contribution in [0, 0.1) is 5.92 Å². The van der Waals surface area contributed by atoms with Crippen LogP contribution in [0.2, 0.25) is 5.02 Å². The molecule has 2 aromatic rings. The molecule has 9 nitrogen and oxygen atoms in total. The first-order chi connectivity index (χ1) is 16.5. The zero-order valence-electron chi connectivity index (χ0n) is 19.4. The smallest absolute Gasteiger partial charge is 0.228 e. The van der Waals surface area contributed by atoms with Crippen LogP contribution < -0.4 is 14.7 Å². The zero-order chi connectivity index (χ0) is 23.7. The Bertz CT molecular complexity index is 1020. The third-order valence-corrected chi connectivity index (χ3v) is 7.24. The lowest BCUT2D eigenvalue weighted by Crippen LogP contribution is -2.51. The zero-order valence-corrected chi connectivity index (χ0v) is 20.2. The molecule has 3 saturated heterocycles.